The van der Waals surface area contributed by atoms with E-state index < -0.39 is 0 Å². The molecule has 0 aliphatic heterocycles. The van der Waals surface area contributed by atoms with Gasteiger partial charge in [0.1, 0.15) is 13.1 Å². The first-order valence-corrected chi connectivity index (χ1v) is 6.13. The Kier molecular flexibility index (Phi) is 4.94. The van der Waals surface area contributed by atoms with E-state index in [2.05, 4.69) is 0 Å². The smallest absolute Gasteiger partial charge is 0.297 e. The van der Waals surface area contributed by atoms with Crippen LogP contribution in [0.3, 0.4) is 0 Å². The van der Waals surface area contributed by atoms with Gasteiger partial charge in [0.05, 0.1) is 6.61 Å². The molecular weight excluding hydrogens is 230 g/mol. The number of esters is 1. The first-order valence-electron chi connectivity index (χ1n) is 6.13. The van der Waals surface area contributed by atoms with Crippen LogP contribution in [0.25, 0.3) is 0 Å². The average Bonchev–Trinajstić information content (AvgIpc) is 2.30. The molecule has 0 fully saturated rings. The standard InChI is InChI=1S/C14H19BFO2/c1-5-18-13(17)9-15-14(3,4)12-8-11(16)7-6-10(12)2/h6-8H,5,9H2,1-4H3. The van der Waals surface area contributed by atoms with Gasteiger partial charge in [0.25, 0.3) is 5.97 Å². The van der Waals surface area contributed by atoms with Gasteiger partial charge in [-0.2, -0.15) is 0 Å². The Balaban J connectivity index is 2.79. The van der Waals surface area contributed by atoms with Gasteiger partial charge in [0, 0.05) is 6.32 Å². The van der Waals surface area contributed by atoms with Crippen molar-refractivity contribution in [1.82, 2.24) is 0 Å². The monoisotopic (exact) mass is 249 g/mol. The Hall–Kier alpha value is -1.32. The van der Waals surface area contributed by atoms with E-state index in [-0.39, 0.29) is 23.4 Å². The summed E-state index contributed by atoms with van der Waals surface area (Å²) in [4.78, 5) is 11.3. The van der Waals surface area contributed by atoms with Crippen LogP contribution in [0, 0.1) is 12.7 Å². The van der Waals surface area contributed by atoms with Gasteiger partial charge in [0.2, 0.25) is 0 Å². The average molecular weight is 249 g/mol. The van der Waals surface area contributed by atoms with Crippen LogP contribution in [-0.2, 0) is 14.8 Å². The lowest BCUT2D eigenvalue weighted by Gasteiger charge is -2.26. The number of hydrogen-bond donors (Lipinski definition) is 0. The van der Waals surface area contributed by atoms with Crippen molar-refractivity contribution in [3.05, 3.63) is 35.1 Å². The molecule has 0 atom stereocenters. The third kappa shape index (κ3) is 3.86. The van der Waals surface area contributed by atoms with Gasteiger partial charge < -0.3 is 4.74 Å². The molecule has 0 spiro atoms. The zero-order valence-corrected chi connectivity index (χ0v) is 11.4. The minimum atomic E-state index is -0.362. The fourth-order valence-corrected chi connectivity index (χ4v) is 1.96. The summed E-state index contributed by atoms with van der Waals surface area (Å²) in [6.07, 6.45) is 0.233. The van der Waals surface area contributed by atoms with E-state index in [0.717, 1.165) is 11.1 Å². The van der Waals surface area contributed by atoms with Crippen LogP contribution in [0.15, 0.2) is 18.2 Å². The molecule has 4 heteroatoms. The maximum atomic E-state index is 13.3. The molecule has 0 saturated carbocycles. The summed E-state index contributed by atoms with van der Waals surface area (Å²) in [6.45, 7) is 8.03. The first-order chi connectivity index (χ1) is 8.36. The molecule has 0 aliphatic rings. The highest BCUT2D eigenvalue weighted by Crippen LogP contribution is 2.26. The highest BCUT2D eigenvalue weighted by atomic mass is 19.1. The van der Waals surface area contributed by atoms with E-state index in [9.17, 15) is 9.18 Å². The third-order valence-electron chi connectivity index (χ3n) is 2.98. The third-order valence-corrected chi connectivity index (χ3v) is 2.98. The molecule has 1 rings (SSSR count). The summed E-state index contributed by atoms with van der Waals surface area (Å²) in [5.74, 6) is -0.507. The van der Waals surface area contributed by atoms with Crippen LogP contribution < -0.4 is 0 Å². The van der Waals surface area contributed by atoms with Crippen molar-refractivity contribution < 1.29 is 13.9 Å². The second-order valence-corrected chi connectivity index (χ2v) is 4.89. The van der Waals surface area contributed by atoms with Crippen molar-refractivity contribution >= 4 is 13.2 Å². The van der Waals surface area contributed by atoms with Crippen LogP contribution in [0.4, 0.5) is 4.39 Å². The predicted octanol–water partition coefficient (Wildman–Crippen LogP) is 3.05. The second kappa shape index (κ2) is 6.03. The number of carbonyl (C=O) groups excluding carboxylic acids is 1. The molecule has 0 saturated heterocycles. The van der Waals surface area contributed by atoms with Crippen LogP contribution in [0.2, 0.25) is 6.32 Å². The second-order valence-electron chi connectivity index (χ2n) is 4.89. The minimum Gasteiger partial charge on any atom is -0.466 e. The van der Waals surface area contributed by atoms with Crippen LogP contribution in [-0.4, -0.2) is 19.9 Å². The normalized spacial score (nSPS) is 11.2. The summed E-state index contributed by atoms with van der Waals surface area (Å²) in [6, 6.07) is 4.72. The lowest BCUT2D eigenvalue weighted by molar-refractivity contribution is -0.140. The quantitative estimate of drug-likeness (QED) is 0.592. The SMILES string of the molecule is CCOC(=O)C[B]C(C)(C)c1cc(F)ccc1C. The van der Waals surface area contributed by atoms with Gasteiger partial charge in [-0.25, -0.2) is 4.39 Å². The number of carbonyl (C=O) groups is 1. The zero-order valence-electron chi connectivity index (χ0n) is 11.4. The number of benzene rings is 1. The molecule has 0 bridgehead atoms. The molecule has 0 heterocycles. The lowest BCUT2D eigenvalue weighted by atomic mass is 9.49. The van der Waals surface area contributed by atoms with E-state index in [1.165, 1.54) is 12.1 Å². The van der Waals surface area contributed by atoms with Crippen molar-refractivity contribution in [2.75, 3.05) is 6.61 Å². The Morgan fingerprint density at radius 2 is 2.11 bits per heavy atom. The molecule has 0 aromatic heterocycles. The zero-order chi connectivity index (χ0) is 13.8. The number of rotatable bonds is 5. The Morgan fingerprint density at radius 1 is 1.44 bits per heavy atom. The van der Waals surface area contributed by atoms with E-state index in [1.807, 2.05) is 28.1 Å². The van der Waals surface area contributed by atoms with Crippen molar-refractivity contribution in [2.45, 2.75) is 39.3 Å². The molecule has 2 nitrogen and oxygen atoms in total. The molecule has 0 amide bonds. The summed E-state index contributed by atoms with van der Waals surface area (Å²) < 4.78 is 18.2. The minimum absolute atomic E-state index is 0.233. The number of halogens is 1. The fourth-order valence-electron chi connectivity index (χ4n) is 1.96. The largest absolute Gasteiger partial charge is 0.466 e. The van der Waals surface area contributed by atoms with Crippen molar-refractivity contribution in [3.8, 4) is 0 Å². The number of ether oxygens (including phenoxy) is 1. The van der Waals surface area contributed by atoms with Gasteiger partial charge in [0.15, 0.2) is 0 Å². The molecule has 97 valence electrons. The summed E-state index contributed by atoms with van der Waals surface area (Å²) in [5, 5.41) is -0.362. The highest BCUT2D eigenvalue weighted by molar-refractivity contribution is 6.44. The van der Waals surface area contributed by atoms with Crippen molar-refractivity contribution in [1.29, 1.82) is 0 Å². The van der Waals surface area contributed by atoms with E-state index in [1.54, 1.807) is 13.0 Å². The lowest BCUT2D eigenvalue weighted by Crippen LogP contribution is -2.29. The molecule has 18 heavy (non-hydrogen) atoms. The summed E-state index contributed by atoms with van der Waals surface area (Å²) in [7, 11) is 1.87. The maximum absolute atomic E-state index is 13.3. The molecule has 1 aromatic carbocycles. The molecule has 0 N–H and O–H groups in total. The summed E-state index contributed by atoms with van der Waals surface area (Å²) in [5.41, 5.74) is 1.91. The van der Waals surface area contributed by atoms with Crippen LogP contribution in [0.1, 0.15) is 31.9 Å². The van der Waals surface area contributed by atoms with E-state index in [0.29, 0.717) is 6.61 Å². The Morgan fingerprint density at radius 3 is 2.72 bits per heavy atom. The van der Waals surface area contributed by atoms with Crippen LogP contribution in [0.5, 0.6) is 0 Å². The van der Waals surface area contributed by atoms with Gasteiger partial charge in [-0.05, 0) is 42.4 Å². The molecule has 1 aromatic rings. The predicted molar refractivity (Wildman–Crippen MR) is 71.4 cm³/mol. The molecule has 1 radical (unpaired) electrons. The van der Waals surface area contributed by atoms with Crippen LogP contribution >= 0.6 is 0 Å². The molecule has 0 aliphatic carbocycles. The fraction of sp³-hybridized carbons (Fsp3) is 0.500. The first kappa shape index (κ1) is 14.7. The van der Waals surface area contributed by atoms with Crippen molar-refractivity contribution in [2.24, 2.45) is 0 Å². The number of hydrogen-bond acceptors (Lipinski definition) is 2. The van der Waals surface area contributed by atoms with Crippen molar-refractivity contribution in [3.63, 3.8) is 0 Å². The molecule has 0 unspecified atom stereocenters. The maximum Gasteiger partial charge on any atom is 0.297 e. The van der Waals surface area contributed by atoms with E-state index >= 15 is 0 Å². The number of aryl methyl sites for hydroxylation is 1. The van der Waals surface area contributed by atoms with Gasteiger partial charge in [-0.1, -0.05) is 19.9 Å². The summed E-state index contributed by atoms with van der Waals surface area (Å²) >= 11 is 0. The topological polar surface area (TPSA) is 26.3 Å². The van der Waals surface area contributed by atoms with Gasteiger partial charge >= 0.3 is 0 Å². The van der Waals surface area contributed by atoms with E-state index in [4.69, 9.17) is 4.74 Å². The Labute approximate surface area is 109 Å². The molecular formula is C14H19BFO2. The Bertz CT molecular complexity index is 430. The van der Waals surface area contributed by atoms with Gasteiger partial charge in [-0.15, -0.1) is 0 Å². The highest BCUT2D eigenvalue weighted by Gasteiger charge is 2.25. The van der Waals surface area contributed by atoms with Gasteiger partial charge in [-0.3, -0.25) is 4.79 Å².